The third kappa shape index (κ3) is 2.45. The van der Waals surface area contributed by atoms with Crippen molar-refractivity contribution in [1.82, 2.24) is 0 Å². The van der Waals surface area contributed by atoms with Crippen molar-refractivity contribution in [2.75, 3.05) is 17.2 Å². The lowest BCUT2D eigenvalue weighted by Crippen LogP contribution is -2.01. The van der Waals surface area contributed by atoms with Gasteiger partial charge in [-0.05, 0) is 102 Å². The van der Waals surface area contributed by atoms with Gasteiger partial charge in [0.1, 0.15) is 0 Å². The van der Waals surface area contributed by atoms with E-state index in [0.717, 1.165) is 10.8 Å². The van der Waals surface area contributed by atoms with E-state index < -0.39 is 0 Å². The Morgan fingerprint density at radius 3 is 1.12 bits per heavy atom. The van der Waals surface area contributed by atoms with E-state index in [0.29, 0.717) is 17.1 Å². The number of nitrogens with two attached hydrogens (primary N) is 3. The first kappa shape index (κ1) is 18.1. The second-order valence-corrected chi connectivity index (χ2v) is 8.90. The summed E-state index contributed by atoms with van der Waals surface area (Å²) in [6, 6.07) is 32.6. The van der Waals surface area contributed by atoms with E-state index in [2.05, 4.69) is 84.9 Å². The highest BCUT2D eigenvalue weighted by molar-refractivity contribution is 6.31. The van der Waals surface area contributed by atoms with Crippen molar-refractivity contribution in [3.63, 3.8) is 0 Å². The highest BCUT2D eigenvalue weighted by atomic mass is 14.7. The zero-order chi connectivity index (χ0) is 22.3. The second kappa shape index (κ2) is 6.27. The second-order valence-electron chi connectivity index (χ2n) is 8.90. The van der Waals surface area contributed by atoms with Gasteiger partial charge in [-0.15, -0.1) is 0 Å². The van der Waals surface area contributed by atoms with E-state index in [1.807, 2.05) is 6.07 Å². The summed E-state index contributed by atoms with van der Waals surface area (Å²) in [5.74, 6) is 0. The summed E-state index contributed by atoms with van der Waals surface area (Å²) in [7, 11) is 0. The molecule has 3 heteroatoms. The van der Waals surface area contributed by atoms with Crippen LogP contribution in [0.5, 0.6) is 0 Å². The van der Waals surface area contributed by atoms with Crippen LogP contribution in [-0.2, 0) is 0 Å². The van der Waals surface area contributed by atoms with Crippen LogP contribution < -0.4 is 17.2 Å². The van der Waals surface area contributed by atoms with Gasteiger partial charge in [0, 0.05) is 5.39 Å². The smallest absolute Gasteiger partial charge is 0.0787 e. The Hall–Kier alpha value is -4.50. The minimum absolute atomic E-state index is 0.448. The summed E-state index contributed by atoms with van der Waals surface area (Å²) in [4.78, 5) is 0. The average molecular weight is 424 g/mol. The zero-order valence-corrected chi connectivity index (χ0v) is 17.9. The molecule has 0 aliphatic heterocycles. The Kier molecular flexibility index (Phi) is 3.44. The molecule has 7 aromatic rings. The number of anilines is 3. The van der Waals surface area contributed by atoms with Crippen molar-refractivity contribution < 1.29 is 0 Å². The van der Waals surface area contributed by atoms with Gasteiger partial charge in [0.05, 0.1) is 17.1 Å². The number of fused-ring (bicyclic) bond motifs is 9. The molecule has 33 heavy (non-hydrogen) atoms. The molecule has 0 atom stereocenters. The number of hydrogen-bond donors (Lipinski definition) is 3. The Bertz CT molecular complexity index is 1950. The number of rotatable bonds is 0. The number of nitrogen functional groups attached to an aromatic ring is 3. The van der Waals surface area contributed by atoms with Crippen LogP contribution >= 0.6 is 0 Å². The standard InChI is InChI=1S/C30H21N3/c31-28-14-20-13-26-24-11-18-7-2-1-5-16(18)9-22(24)23-10-17-6-3-4-8-19(17)12-25(23)27(26)15-21(20)29(32)30(28)33/h1-15H,31-33H2. The third-order valence-corrected chi connectivity index (χ3v) is 7.03. The molecule has 7 aromatic carbocycles. The Morgan fingerprint density at radius 2 is 0.697 bits per heavy atom. The summed E-state index contributed by atoms with van der Waals surface area (Å²) in [6.07, 6.45) is 0. The molecule has 0 aliphatic rings. The SMILES string of the molecule is Nc1cc2cc3c4cc5ccccc5cc4c4cc5ccccc5cc4c3cc2c(N)c1N. The molecule has 0 heterocycles. The van der Waals surface area contributed by atoms with Crippen molar-refractivity contribution in [2.24, 2.45) is 0 Å². The maximum Gasteiger partial charge on any atom is 0.0787 e. The Labute approximate surface area is 190 Å². The molecule has 0 bridgehead atoms. The average Bonchev–Trinajstić information content (AvgIpc) is 2.85. The molecule has 0 aliphatic carbocycles. The molecule has 0 unspecified atom stereocenters. The lowest BCUT2D eigenvalue weighted by atomic mass is 9.89. The van der Waals surface area contributed by atoms with Crippen LogP contribution in [-0.4, -0.2) is 0 Å². The van der Waals surface area contributed by atoms with Crippen molar-refractivity contribution in [2.45, 2.75) is 0 Å². The molecule has 3 nitrogen and oxygen atoms in total. The minimum Gasteiger partial charge on any atom is -0.397 e. The highest BCUT2D eigenvalue weighted by Gasteiger charge is 2.14. The molecule has 0 amide bonds. The predicted octanol–water partition coefficient (Wildman–Crippen LogP) is 7.35. The number of hydrogen-bond acceptors (Lipinski definition) is 3. The molecular formula is C30H21N3. The molecule has 7 rings (SSSR count). The van der Waals surface area contributed by atoms with Gasteiger partial charge < -0.3 is 17.2 Å². The highest BCUT2D eigenvalue weighted by Crippen LogP contribution is 2.42. The molecule has 0 radical (unpaired) electrons. The summed E-state index contributed by atoms with van der Waals surface area (Å²) >= 11 is 0. The molecule has 0 fully saturated rings. The van der Waals surface area contributed by atoms with E-state index in [1.165, 1.54) is 53.9 Å². The van der Waals surface area contributed by atoms with Gasteiger partial charge in [0.15, 0.2) is 0 Å². The van der Waals surface area contributed by atoms with E-state index in [-0.39, 0.29) is 0 Å². The third-order valence-electron chi connectivity index (χ3n) is 7.03. The molecule has 0 aromatic heterocycles. The van der Waals surface area contributed by atoms with Crippen molar-refractivity contribution in [3.8, 4) is 0 Å². The van der Waals surface area contributed by atoms with Gasteiger partial charge in [-0.2, -0.15) is 0 Å². The van der Waals surface area contributed by atoms with Gasteiger partial charge in [0.25, 0.3) is 0 Å². The maximum atomic E-state index is 6.43. The quantitative estimate of drug-likeness (QED) is 0.135. The summed E-state index contributed by atoms with van der Waals surface area (Å²) in [5.41, 5.74) is 20.3. The first-order valence-electron chi connectivity index (χ1n) is 11.1. The minimum atomic E-state index is 0.448. The van der Waals surface area contributed by atoms with Gasteiger partial charge in [-0.1, -0.05) is 48.5 Å². The molecule has 0 saturated carbocycles. The Balaban J connectivity index is 1.80. The summed E-state index contributed by atoms with van der Waals surface area (Å²) in [6.45, 7) is 0. The molecule has 0 spiro atoms. The van der Waals surface area contributed by atoms with Crippen molar-refractivity contribution in [1.29, 1.82) is 0 Å². The maximum absolute atomic E-state index is 6.43. The van der Waals surface area contributed by atoms with Crippen molar-refractivity contribution >= 4 is 81.7 Å². The van der Waals surface area contributed by atoms with E-state index in [4.69, 9.17) is 17.2 Å². The zero-order valence-electron chi connectivity index (χ0n) is 17.9. The van der Waals surface area contributed by atoms with Gasteiger partial charge >= 0.3 is 0 Å². The topological polar surface area (TPSA) is 78.1 Å². The fourth-order valence-corrected chi connectivity index (χ4v) is 5.33. The fraction of sp³-hybridized carbons (Fsp3) is 0. The molecule has 156 valence electrons. The molecule has 6 N–H and O–H groups in total. The largest absolute Gasteiger partial charge is 0.397 e. The van der Waals surface area contributed by atoms with Crippen LogP contribution in [0.4, 0.5) is 17.1 Å². The summed E-state index contributed by atoms with van der Waals surface area (Å²) < 4.78 is 0. The fourth-order valence-electron chi connectivity index (χ4n) is 5.33. The van der Waals surface area contributed by atoms with Crippen LogP contribution in [0, 0.1) is 0 Å². The van der Waals surface area contributed by atoms with Gasteiger partial charge in [-0.3, -0.25) is 0 Å². The van der Waals surface area contributed by atoms with Crippen molar-refractivity contribution in [3.05, 3.63) is 91.0 Å². The Morgan fingerprint density at radius 1 is 0.333 bits per heavy atom. The first-order chi connectivity index (χ1) is 16.1. The van der Waals surface area contributed by atoms with Crippen LogP contribution in [0.15, 0.2) is 91.0 Å². The molecular weight excluding hydrogens is 402 g/mol. The van der Waals surface area contributed by atoms with E-state index in [1.54, 1.807) is 0 Å². The normalized spacial score (nSPS) is 12.0. The van der Waals surface area contributed by atoms with Crippen LogP contribution in [0.25, 0.3) is 64.6 Å². The molecule has 0 saturated heterocycles. The lowest BCUT2D eigenvalue weighted by molar-refractivity contribution is 1.71. The van der Waals surface area contributed by atoms with Crippen LogP contribution in [0.3, 0.4) is 0 Å². The number of benzene rings is 7. The lowest BCUT2D eigenvalue weighted by Gasteiger charge is -2.16. The van der Waals surface area contributed by atoms with Crippen LogP contribution in [0.2, 0.25) is 0 Å². The predicted molar refractivity (Wildman–Crippen MR) is 145 cm³/mol. The van der Waals surface area contributed by atoms with Gasteiger partial charge in [0.2, 0.25) is 0 Å². The van der Waals surface area contributed by atoms with E-state index in [9.17, 15) is 0 Å². The monoisotopic (exact) mass is 423 g/mol. The van der Waals surface area contributed by atoms with E-state index >= 15 is 0 Å². The van der Waals surface area contributed by atoms with Crippen LogP contribution in [0.1, 0.15) is 0 Å². The first-order valence-corrected chi connectivity index (χ1v) is 11.1. The summed E-state index contributed by atoms with van der Waals surface area (Å²) in [5, 5.41) is 14.1. The van der Waals surface area contributed by atoms with Gasteiger partial charge in [-0.25, -0.2) is 0 Å².